The number of unbranched alkanes of at least 4 members (excludes halogenated alkanes) is 1. The molecule has 0 bridgehead atoms. The summed E-state index contributed by atoms with van der Waals surface area (Å²) in [6, 6.07) is 3.89. The summed E-state index contributed by atoms with van der Waals surface area (Å²) in [7, 11) is 1.62. The van der Waals surface area contributed by atoms with E-state index in [1.165, 1.54) is 17.0 Å². The van der Waals surface area contributed by atoms with Gasteiger partial charge in [-0.2, -0.15) is 0 Å². The number of amides is 3. The number of fused-ring (bicyclic) bond motifs is 1. The van der Waals surface area contributed by atoms with E-state index < -0.39 is 17.6 Å². The number of hydrogen-bond donors (Lipinski definition) is 0. The van der Waals surface area contributed by atoms with Crippen molar-refractivity contribution in [2.24, 2.45) is 0 Å². The lowest BCUT2D eigenvalue weighted by Crippen LogP contribution is -2.41. The second-order valence-electron chi connectivity index (χ2n) is 5.03. The van der Waals surface area contributed by atoms with E-state index in [1.807, 2.05) is 6.92 Å². The molecule has 0 saturated carbocycles. The first-order valence-corrected chi connectivity index (χ1v) is 6.86. The van der Waals surface area contributed by atoms with Crippen LogP contribution in [0.15, 0.2) is 18.2 Å². The summed E-state index contributed by atoms with van der Waals surface area (Å²) >= 11 is 0. The lowest BCUT2D eigenvalue weighted by molar-refractivity contribution is -0.130. The van der Waals surface area contributed by atoms with Crippen LogP contribution in [0, 0.1) is 5.82 Å². The Morgan fingerprint density at radius 1 is 1.29 bits per heavy atom. The summed E-state index contributed by atoms with van der Waals surface area (Å²) in [6.07, 6.45) is 1.79. The molecule has 1 aromatic rings. The van der Waals surface area contributed by atoms with Gasteiger partial charge in [-0.05, 0) is 18.6 Å². The van der Waals surface area contributed by atoms with Gasteiger partial charge in [0.1, 0.15) is 12.4 Å². The summed E-state index contributed by atoms with van der Waals surface area (Å²) < 4.78 is 13.7. The third-order valence-electron chi connectivity index (χ3n) is 3.51. The van der Waals surface area contributed by atoms with E-state index in [0.29, 0.717) is 6.54 Å². The molecular formula is C15H17FN2O3. The molecule has 21 heavy (non-hydrogen) atoms. The molecule has 5 nitrogen and oxygen atoms in total. The molecule has 0 aromatic heterocycles. The van der Waals surface area contributed by atoms with Crippen LogP contribution in [-0.2, 0) is 4.79 Å². The Labute approximate surface area is 122 Å². The lowest BCUT2D eigenvalue weighted by atomic mass is 10.1. The number of likely N-dealkylation sites (N-methyl/N-ethyl adjacent to an activating group) is 1. The minimum absolute atomic E-state index is 0.0176. The predicted octanol–water partition coefficient (Wildman–Crippen LogP) is 1.68. The van der Waals surface area contributed by atoms with Gasteiger partial charge in [0.05, 0.1) is 11.1 Å². The van der Waals surface area contributed by atoms with Crippen LogP contribution in [0.25, 0.3) is 0 Å². The molecule has 0 aliphatic carbocycles. The normalized spacial score (nSPS) is 13.6. The van der Waals surface area contributed by atoms with Gasteiger partial charge < -0.3 is 4.90 Å². The van der Waals surface area contributed by atoms with Gasteiger partial charge in [0.25, 0.3) is 11.8 Å². The smallest absolute Gasteiger partial charge is 0.265 e. The molecule has 0 spiro atoms. The van der Waals surface area contributed by atoms with E-state index in [0.717, 1.165) is 23.8 Å². The minimum Gasteiger partial charge on any atom is -0.344 e. The molecule has 0 saturated heterocycles. The Hall–Kier alpha value is -2.24. The second kappa shape index (κ2) is 6.03. The molecule has 1 aliphatic heterocycles. The molecule has 1 heterocycles. The number of halogens is 1. The van der Waals surface area contributed by atoms with E-state index in [1.54, 1.807) is 7.05 Å². The van der Waals surface area contributed by atoms with Crippen LogP contribution >= 0.6 is 0 Å². The number of rotatable bonds is 5. The molecule has 1 aliphatic rings. The van der Waals surface area contributed by atoms with Crippen LogP contribution in [0.4, 0.5) is 4.39 Å². The molecule has 0 N–H and O–H groups in total. The maximum Gasteiger partial charge on any atom is 0.265 e. The fourth-order valence-electron chi connectivity index (χ4n) is 2.21. The largest absolute Gasteiger partial charge is 0.344 e. The molecule has 0 atom stereocenters. The van der Waals surface area contributed by atoms with Crippen molar-refractivity contribution in [2.45, 2.75) is 19.8 Å². The molecule has 1 aromatic carbocycles. The molecule has 0 fully saturated rings. The molecule has 3 amide bonds. The zero-order valence-electron chi connectivity index (χ0n) is 12.1. The van der Waals surface area contributed by atoms with E-state index in [9.17, 15) is 18.8 Å². The quantitative estimate of drug-likeness (QED) is 0.776. The molecule has 2 rings (SSSR count). The average Bonchev–Trinajstić information content (AvgIpc) is 2.70. The second-order valence-corrected chi connectivity index (χ2v) is 5.03. The molecule has 6 heteroatoms. The first-order chi connectivity index (χ1) is 9.97. The third-order valence-corrected chi connectivity index (χ3v) is 3.51. The first kappa shape index (κ1) is 15.2. The lowest BCUT2D eigenvalue weighted by Gasteiger charge is -2.20. The number of nitrogens with zero attached hydrogens (tertiary/aromatic N) is 2. The van der Waals surface area contributed by atoms with Crippen LogP contribution in [-0.4, -0.2) is 47.7 Å². The number of hydrogen-bond acceptors (Lipinski definition) is 3. The first-order valence-electron chi connectivity index (χ1n) is 6.86. The van der Waals surface area contributed by atoms with Crippen LogP contribution in [0.5, 0.6) is 0 Å². The van der Waals surface area contributed by atoms with Gasteiger partial charge in [-0.15, -0.1) is 0 Å². The van der Waals surface area contributed by atoms with Crippen LogP contribution in [0.1, 0.15) is 40.5 Å². The van der Waals surface area contributed by atoms with Gasteiger partial charge in [0.15, 0.2) is 0 Å². The highest BCUT2D eigenvalue weighted by Gasteiger charge is 2.39. The summed E-state index contributed by atoms with van der Waals surface area (Å²) in [5, 5.41) is 0. The van der Waals surface area contributed by atoms with Crippen LogP contribution in [0.2, 0.25) is 0 Å². The highest BCUT2D eigenvalue weighted by molar-refractivity contribution is 6.22. The van der Waals surface area contributed by atoms with Gasteiger partial charge in [-0.3, -0.25) is 19.3 Å². The van der Waals surface area contributed by atoms with E-state index in [-0.39, 0.29) is 23.6 Å². The van der Waals surface area contributed by atoms with Gasteiger partial charge >= 0.3 is 0 Å². The van der Waals surface area contributed by atoms with Crippen molar-refractivity contribution in [3.8, 4) is 0 Å². The maximum absolute atomic E-state index is 13.7. The number of carbonyl (C=O) groups excluding carboxylic acids is 3. The van der Waals surface area contributed by atoms with Crippen LogP contribution < -0.4 is 0 Å². The number of carbonyl (C=O) groups is 3. The Kier molecular flexibility index (Phi) is 4.35. The third kappa shape index (κ3) is 2.79. The molecule has 0 unspecified atom stereocenters. The maximum atomic E-state index is 13.7. The summed E-state index contributed by atoms with van der Waals surface area (Å²) in [4.78, 5) is 38.5. The van der Waals surface area contributed by atoms with Gasteiger partial charge in [0.2, 0.25) is 5.91 Å². The van der Waals surface area contributed by atoms with E-state index in [4.69, 9.17) is 0 Å². The molecule has 112 valence electrons. The Bertz CT molecular complexity index is 601. The summed E-state index contributed by atoms with van der Waals surface area (Å²) in [6.45, 7) is 2.21. The Morgan fingerprint density at radius 3 is 2.62 bits per heavy atom. The van der Waals surface area contributed by atoms with Crippen molar-refractivity contribution in [3.05, 3.63) is 35.1 Å². The number of imide groups is 1. The van der Waals surface area contributed by atoms with E-state index >= 15 is 0 Å². The zero-order chi connectivity index (χ0) is 15.6. The highest BCUT2D eigenvalue weighted by atomic mass is 19.1. The topological polar surface area (TPSA) is 57.7 Å². The SMILES string of the molecule is CCCCN(C)C(=O)CN1C(=O)c2cccc(F)c2C1=O. The minimum atomic E-state index is -0.745. The Balaban J connectivity index is 2.13. The van der Waals surface area contributed by atoms with Crippen molar-refractivity contribution < 1.29 is 18.8 Å². The van der Waals surface area contributed by atoms with Gasteiger partial charge in [-0.25, -0.2) is 4.39 Å². The van der Waals surface area contributed by atoms with Crippen molar-refractivity contribution >= 4 is 17.7 Å². The molecule has 0 radical (unpaired) electrons. The van der Waals surface area contributed by atoms with Crippen molar-refractivity contribution in [1.82, 2.24) is 9.80 Å². The summed E-state index contributed by atoms with van der Waals surface area (Å²) in [5.74, 6) is -2.43. The zero-order valence-corrected chi connectivity index (χ0v) is 12.1. The van der Waals surface area contributed by atoms with Crippen LogP contribution in [0.3, 0.4) is 0 Å². The predicted molar refractivity (Wildman–Crippen MR) is 74.3 cm³/mol. The van der Waals surface area contributed by atoms with Crippen molar-refractivity contribution in [1.29, 1.82) is 0 Å². The highest BCUT2D eigenvalue weighted by Crippen LogP contribution is 2.25. The standard InChI is InChI=1S/C15H17FN2O3/c1-3-4-8-17(2)12(19)9-18-14(20)10-6-5-7-11(16)13(10)15(18)21/h5-7H,3-4,8-9H2,1-2H3. The van der Waals surface area contributed by atoms with Crippen molar-refractivity contribution in [3.63, 3.8) is 0 Å². The van der Waals surface area contributed by atoms with E-state index in [2.05, 4.69) is 0 Å². The number of benzene rings is 1. The Morgan fingerprint density at radius 2 is 2.00 bits per heavy atom. The monoisotopic (exact) mass is 292 g/mol. The van der Waals surface area contributed by atoms with Gasteiger partial charge in [-0.1, -0.05) is 19.4 Å². The van der Waals surface area contributed by atoms with Crippen molar-refractivity contribution in [2.75, 3.05) is 20.1 Å². The fraction of sp³-hybridized carbons (Fsp3) is 0.400. The fourth-order valence-corrected chi connectivity index (χ4v) is 2.21. The van der Waals surface area contributed by atoms with Gasteiger partial charge in [0, 0.05) is 13.6 Å². The average molecular weight is 292 g/mol. The summed E-state index contributed by atoms with van der Waals surface area (Å²) in [5.41, 5.74) is -0.226. The molecular weight excluding hydrogens is 275 g/mol.